The second kappa shape index (κ2) is 11.1. The van der Waals surface area contributed by atoms with Gasteiger partial charge < -0.3 is 15.2 Å². The highest BCUT2D eigenvalue weighted by molar-refractivity contribution is 5.97. The zero-order valence-corrected chi connectivity index (χ0v) is 20.4. The van der Waals surface area contributed by atoms with E-state index in [1.807, 2.05) is 42.5 Å². The van der Waals surface area contributed by atoms with Crippen LogP contribution in [0.5, 0.6) is 5.75 Å². The van der Waals surface area contributed by atoms with E-state index in [2.05, 4.69) is 15.5 Å². The second-order valence-corrected chi connectivity index (χ2v) is 8.74. The monoisotopic (exact) mass is 546 g/mol. The number of Topliss-reactive ketones (excluding diaryl/α,β-unsaturated/α-hetero) is 1. The largest absolute Gasteiger partial charge is 0.481 e. The topological polar surface area (TPSA) is 114 Å². The molecule has 0 spiro atoms. The van der Waals surface area contributed by atoms with Crippen molar-refractivity contribution in [2.24, 2.45) is 0 Å². The number of amides is 1. The predicted octanol–water partition coefficient (Wildman–Crippen LogP) is 4.03. The van der Waals surface area contributed by atoms with Gasteiger partial charge in [0.1, 0.15) is 12.6 Å². The molecule has 3 N–H and O–H groups in total. The van der Waals surface area contributed by atoms with Gasteiger partial charge >= 0.3 is 5.97 Å². The highest BCUT2D eigenvalue weighted by Gasteiger charge is 2.43. The summed E-state index contributed by atoms with van der Waals surface area (Å²) < 4.78 is 59.2. The number of carboxylic acid groups (broad SMARTS) is 1. The number of hydrogen-bond acceptors (Lipinski definition) is 6. The van der Waals surface area contributed by atoms with E-state index in [9.17, 15) is 37.1 Å². The minimum Gasteiger partial charge on any atom is -0.481 e. The van der Waals surface area contributed by atoms with E-state index in [0.29, 0.717) is 11.3 Å². The quantitative estimate of drug-likeness (QED) is 0.260. The zero-order valence-electron chi connectivity index (χ0n) is 20.4. The number of ether oxygens (including phenoxy) is 1. The Balaban J connectivity index is 1.53. The van der Waals surface area contributed by atoms with Crippen LogP contribution in [0.3, 0.4) is 0 Å². The average Bonchev–Trinajstić information content (AvgIpc) is 3.37. The molecule has 1 aliphatic rings. The standard InChI is InChI=1S/C27H22F4N2O6/c1-2-27(12-20(33-39-27)16-8-7-14-5-3-4-6-15(14)9-16)26(37)32-19(11-22(35)36)21(34)13-38-25-23(30)17(28)10-18(29)24(25)31/h3-10,12,19,33H,2,11,13H2,1H3,(H,32,37)(H,35,36)/t19-,27?/m0/s1. The van der Waals surface area contributed by atoms with Gasteiger partial charge in [-0.3, -0.25) is 24.7 Å². The Morgan fingerprint density at radius 2 is 1.69 bits per heavy atom. The van der Waals surface area contributed by atoms with E-state index < -0.39 is 71.3 Å². The highest BCUT2D eigenvalue weighted by Crippen LogP contribution is 2.31. The van der Waals surface area contributed by atoms with Crippen LogP contribution in [0.1, 0.15) is 25.3 Å². The number of rotatable bonds is 10. The Hall–Kier alpha value is -4.45. The van der Waals surface area contributed by atoms with Gasteiger partial charge in [-0.1, -0.05) is 43.3 Å². The first-order chi connectivity index (χ1) is 18.5. The molecule has 1 unspecified atom stereocenters. The van der Waals surface area contributed by atoms with Crippen molar-refractivity contribution in [2.75, 3.05) is 6.61 Å². The number of aliphatic carboxylic acids is 1. The molecular weight excluding hydrogens is 524 g/mol. The van der Waals surface area contributed by atoms with Crippen molar-refractivity contribution in [3.63, 3.8) is 0 Å². The summed E-state index contributed by atoms with van der Waals surface area (Å²) in [5, 5.41) is 13.5. The summed E-state index contributed by atoms with van der Waals surface area (Å²) >= 11 is 0. The lowest BCUT2D eigenvalue weighted by molar-refractivity contribution is -0.148. The third-order valence-electron chi connectivity index (χ3n) is 6.19. The Morgan fingerprint density at radius 3 is 2.33 bits per heavy atom. The molecule has 1 amide bonds. The van der Waals surface area contributed by atoms with E-state index in [0.717, 1.165) is 10.8 Å². The normalized spacial score (nSPS) is 17.3. The average molecular weight is 546 g/mol. The summed E-state index contributed by atoms with van der Waals surface area (Å²) in [5.74, 6) is -12.2. The third kappa shape index (κ3) is 5.70. The Labute approximate surface area is 219 Å². The number of carbonyl (C=O) groups excluding carboxylic acids is 2. The molecule has 0 saturated heterocycles. The van der Waals surface area contributed by atoms with E-state index in [1.54, 1.807) is 6.92 Å². The van der Waals surface area contributed by atoms with Crippen LogP contribution < -0.4 is 15.5 Å². The molecule has 8 nitrogen and oxygen atoms in total. The van der Waals surface area contributed by atoms with Crippen LogP contribution in [-0.4, -0.2) is 41.0 Å². The molecular formula is C27H22F4N2O6. The number of hydrogen-bond donors (Lipinski definition) is 3. The molecule has 39 heavy (non-hydrogen) atoms. The number of hydroxylamine groups is 1. The number of ketones is 1. The molecule has 3 aromatic rings. The van der Waals surface area contributed by atoms with Crippen LogP contribution in [0.4, 0.5) is 17.6 Å². The van der Waals surface area contributed by atoms with Crippen molar-refractivity contribution < 1.29 is 46.6 Å². The molecule has 0 radical (unpaired) electrons. The van der Waals surface area contributed by atoms with Crippen LogP contribution in [0.25, 0.3) is 16.5 Å². The second-order valence-electron chi connectivity index (χ2n) is 8.74. The minimum absolute atomic E-state index is 0.0354. The molecule has 0 aromatic heterocycles. The van der Waals surface area contributed by atoms with E-state index in [1.165, 1.54) is 6.08 Å². The van der Waals surface area contributed by atoms with Crippen molar-refractivity contribution in [3.05, 3.63) is 83.4 Å². The van der Waals surface area contributed by atoms with Crippen molar-refractivity contribution in [1.82, 2.24) is 10.8 Å². The van der Waals surface area contributed by atoms with Crippen molar-refractivity contribution >= 4 is 34.1 Å². The number of nitrogens with one attached hydrogen (secondary N) is 2. The fourth-order valence-electron chi connectivity index (χ4n) is 4.01. The van der Waals surface area contributed by atoms with Gasteiger partial charge in [0, 0.05) is 11.6 Å². The van der Waals surface area contributed by atoms with Crippen LogP contribution in [0, 0.1) is 23.3 Å². The van der Waals surface area contributed by atoms with Gasteiger partial charge in [-0.2, -0.15) is 8.78 Å². The lowest BCUT2D eigenvalue weighted by Gasteiger charge is -2.25. The Morgan fingerprint density at radius 1 is 1.03 bits per heavy atom. The lowest BCUT2D eigenvalue weighted by Crippen LogP contribution is -2.53. The summed E-state index contributed by atoms with van der Waals surface area (Å²) in [7, 11) is 0. The van der Waals surface area contributed by atoms with Gasteiger partial charge in [-0.05, 0) is 29.3 Å². The molecule has 3 aromatic carbocycles. The fraction of sp³-hybridized carbons (Fsp3) is 0.222. The highest BCUT2D eigenvalue weighted by atomic mass is 19.2. The number of carbonyl (C=O) groups is 3. The van der Waals surface area contributed by atoms with E-state index in [-0.39, 0.29) is 12.5 Å². The molecule has 1 heterocycles. The van der Waals surface area contributed by atoms with Crippen LogP contribution in [0.2, 0.25) is 0 Å². The zero-order chi connectivity index (χ0) is 28.3. The molecule has 2 atom stereocenters. The van der Waals surface area contributed by atoms with Gasteiger partial charge in [0.15, 0.2) is 28.8 Å². The third-order valence-corrected chi connectivity index (χ3v) is 6.19. The first-order valence-corrected chi connectivity index (χ1v) is 11.7. The SMILES string of the molecule is CCC1(C(=O)N[C@@H](CC(=O)O)C(=O)COc2c(F)c(F)cc(F)c2F)C=C(c2ccc3ccccc3c2)NO1. The summed E-state index contributed by atoms with van der Waals surface area (Å²) in [5.41, 5.74) is 2.22. The number of benzene rings is 3. The van der Waals surface area contributed by atoms with Gasteiger partial charge in [-0.15, -0.1) is 0 Å². The molecule has 1 aliphatic heterocycles. The maximum absolute atomic E-state index is 13.9. The fourth-order valence-corrected chi connectivity index (χ4v) is 4.01. The van der Waals surface area contributed by atoms with Crippen molar-refractivity contribution in [3.8, 4) is 5.75 Å². The van der Waals surface area contributed by atoms with Crippen LogP contribution >= 0.6 is 0 Å². The first kappa shape index (κ1) is 27.6. The van der Waals surface area contributed by atoms with Gasteiger partial charge in [0.05, 0.1) is 12.1 Å². The lowest BCUT2D eigenvalue weighted by atomic mass is 9.95. The van der Waals surface area contributed by atoms with Crippen molar-refractivity contribution in [2.45, 2.75) is 31.4 Å². The Bertz CT molecular complexity index is 1470. The molecule has 0 aliphatic carbocycles. The summed E-state index contributed by atoms with van der Waals surface area (Å²) in [4.78, 5) is 42.9. The summed E-state index contributed by atoms with van der Waals surface area (Å²) in [6.45, 7) is 0.438. The molecule has 0 bridgehead atoms. The van der Waals surface area contributed by atoms with Crippen LogP contribution in [-0.2, 0) is 19.2 Å². The molecule has 0 fully saturated rings. The molecule has 12 heteroatoms. The first-order valence-electron chi connectivity index (χ1n) is 11.7. The molecule has 0 saturated carbocycles. The van der Waals surface area contributed by atoms with E-state index >= 15 is 0 Å². The maximum atomic E-state index is 13.9. The smallest absolute Gasteiger partial charge is 0.305 e. The van der Waals surface area contributed by atoms with Gasteiger partial charge in [-0.25, -0.2) is 8.78 Å². The Kier molecular flexibility index (Phi) is 7.86. The minimum atomic E-state index is -1.87. The summed E-state index contributed by atoms with van der Waals surface area (Å²) in [6.07, 6.45) is 0.656. The van der Waals surface area contributed by atoms with Crippen molar-refractivity contribution in [1.29, 1.82) is 0 Å². The van der Waals surface area contributed by atoms with E-state index in [4.69, 9.17) is 4.84 Å². The molecule has 204 valence electrons. The van der Waals surface area contributed by atoms with Crippen LogP contribution in [0.15, 0.2) is 54.6 Å². The number of carboxylic acids is 1. The number of halogens is 4. The maximum Gasteiger partial charge on any atom is 0.305 e. The van der Waals surface area contributed by atoms with Gasteiger partial charge in [0.25, 0.3) is 5.91 Å². The number of fused-ring (bicyclic) bond motifs is 1. The predicted molar refractivity (Wildman–Crippen MR) is 130 cm³/mol. The molecule has 4 rings (SSSR count). The summed E-state index contributed by atoms with van der Waals surface area (Å²) in [6, 6.07) is 11.4. The van der Waals surface area contributed by atoms with Gasteiger partial charge in [0.2, 0.25) is 11.6 Å².